The van der Waals surface area contributed by atoms with E-state index in [0.717, 1.165) is 4.68 Å². The summed E-state index contributed by atoms with van der Waals surface area (Å²) in [4.78, 5) is 21.4. The first-order valence-electron chi connectivity index (χ1n) is 10.4. The van der Waals surface area contributed by atoms with Crippen molar-refractivity contribution >= 4 is 23.2 Å². The number of halogens is 5. The fourth-order valence-electron chi connectivity index (χ4n) is 3.33. The number of alkyl halides is 3. The van der Waals surface area contributed by atoms with Crippen molar-refractivity contribution < 1.29 is 23.4 Å². The first-order valence-corrected chi connectivity index (χ1v) is 11.1. The third kappa shape index (κ3) is 5.28. The summed E-state index contributed by atoms with van der Waals surface area (Å²) in [6.07, 6.45) is -7.38. The van der Waals surface area contributed by atoms with Crippen LogP contribution in [0.25, 0.3) is 17.2 Å². The van der Waals surface area contributed by atoms with Gasteiger partial charge in [0, 0.05) is 16.8 Å². The topological polar surface area (TPSA) is 124 Å². The first-order chi connectivity index (χ1) is 17.0. The third-order valence-corrected chi connectivity index (χ3v) is 5.59. The molecule has 0 radical (unpaired) electrons. The molecule has 3 heterocycles. The fraction of sp³-hybridized carbons (Fsp3) is 0.286. The minimum absolute atomic E-state index is 0.0124. The summed E-state index contributed by atoms with van der Waals surface area (Å²) in [6, 6.07) is 9.09. The van der Waals surface area contributed by atoms with Gasteiger partial charge in [0.05, 0.1) is 11.6 Å². The Bertz CT molecular complexity index is 1430. The normalized spacial score (nSPS) is 13.7. The second-order valence-corrected chi connectivity index (χ2v) is 8.57. The minimum atomic E-state index is -4.95. The minimum Gasteiger partial charge on any atom is -0.385 e. The summed E-state index contributed by atoms with van der Waals surface area (Å²) >= 11 is 12.1. The van der Waals surface area contributed by atoms with Crippen molar-refractivity contribution in [3.63, 3.8) is 0 Å². The monoisotopic (exact) mass is 543 g/mol. The molecule has 36 heavy (non-hydrogen) atoms. The molecule has 15 heteroatoms. The first kappa shape index (κ1) is 25.8. The van der Waals surface area contributed by atoms with E-state index in [2.05, 4.69) is 20.2 Å². The second kappa shape index (κ2) is 10.0. The lowest BCUT2D eigenvalue weighted by Crippen LogP contribution is -2.37. The van der Waals surface area contributed by atoms with Gasteiger partial charge in [0.2, 0.25) is 0 Å². The molecule has 0 bridgehead atoms. The number of benzene rings is 1. The number of rotatable bonds is 7. The number of pyridine rings is 1. The van der Waals surface area contributed by atoms with E-state index in [4.69, 9.17) is 23.2 Å². The fourth-order valence-corrected chi connectivity index (χ4v) is 3.65. The van der Waals surface area contributed by atoms with Crippen LogP contribution in [0.1, 0.15) is 24.7 Å². The number of hydrogen-bond acceptors (Lipinski definition) is 7. The smallest absolute Gasteiger partial charge is 0.385 e. The molecule has 2 atom stereocenters. The zero-order valence-corrected chi connectivity index (χ0v) is 19.9. The van der Waals surface area contributed by atoms with Crippen molar-refractivity contribution in [1.82, 2.24) is 34.1 Å². The maximum absolute atomic E-state index is 13.1. The molecule has 4 aromatic rings. The summed E-state index contributed by atoms with van der Waals surface area (Å²) in [5, 5.41) is 28.8. The van der Waals surface area contributed by atoms with Gasteiger partial charge >= 0.3 is 11.9 Å². The lowest BCUT2D eigenvalue weighted by Gasteiger charge is -2.15. The van der Waals surface area contributed by atoms with E-state index in [-0.39, 0.29) is 34.9 Å². The quantitative estimate of drug-likeness (QED) is 0.367. The number of aliphatic hydroxyl groups excluding tert-OH is 2. The van der Waals surface area contributed by atoms with Gasteiger partial charge in [-0.3, -0.25) is 4.57 Å². The molecule has 2 N–H and O–H groups in total. The molecular formula is C21H18Cl2F3N7O3. The van der Waals surface area contributed by atoms with Crippen molar-refractivity contribution in [3.05, 3.63) is 74.8 Å². The Labute approximate surface area is 211 Å². The lowest BCUT2D eigenvalue weighted by atomic mass is 10.2. The summed E-state index contributed by atoms with van der Waals surface area (Å²) in [6.45, 7) is 0.00946. The highest BCUT2D eigenvalue weighted by Gasteiger charge is 2.39. The molecule has 190 valence electrons. The van der Waals surface area contributed by atoms with E-state index < -0.39 is 30.6 Å². The van der Waals surface area contributed by atoms with Gasteiger partial charge in [-0.1, -0.05) is 23.2 Å². The van der Waals surface area contributed by atoms with Crippen LogP contribution in [0.3, 0.4) is 0 Å². The van der Waals surface area contributed by atoms with Crippen LogP contribution in [0.4, 0.5) is 13.2 Å². The van der Waals surface area contributed by atoms with Gasteiger partial charge in [-0.25, -0.2) is 19.4 Å². The van der Waals surface area contributed by atoms with Crippen molar-refractivity contribution in [2.24, 2.45) is 0 Å². The second-order valence-electron chi connectivity index (χ2n) is 7.72. The van der Waals surface area contributed by atoms with Gasteiger partial charge in [0.15, 0.2) is 29.4 Å². The Morgan fingerprint density at radius 1 is 1.08 bits per heavy atom. The Hall–Kier alpha value is -3.26. The van der Waals surface area contributed by atoms with Crippen LogP contribution in [0.2, 0.25) is 10.0 Å². The van der Waals surface area contributed by atoms with Crippen molar-refractivity contribution in [2.75, 3.05) is 0 Å². The average Bonchev–Trinajstić information content (AvgIpc) is 3.36. The Balaban J connectivity index is 1.78. The molecule has 3 aromatic heterocycles. The van der Waals surface area contributed by atoms with Crippen molar-refractivity contribution in [1.29, 1.82) is 0 Å². The van der Waals surface area contributed by atoms with Crippen LogP contribution in [0, 0.1) is 0 Å². The molecule has 0 amide bonds. The molecule has 0 aliphatic carbocycles. The van der Waals surface area contributed by atoms with E-state index in [0.29, 0.717) is 15.2 Å². The number of aliphatic hydroxyl groups is 2. The standard InChI is InChI=1S/C21H18Cl2F3N7O3/c1-11(34)17-28-16(29-33(17)19-14(23)3-2-8-27-19)10-32-20(36)31(9-15(35)21(24,25)26)18(30-32)12-4-6-13(22)7-5-12/h2-8,11,15,34-35H,9-10H2,1H3/t11-,15+/m1/s1. The maximum Gasteiger partial charge on any atom is 0.416 e. The van der Waals surface area contributed by atoms with Crippen LogP contribution in [-0.4, -0.2) is 56.6 Å². The van der Waals surface area contributed by atoms with E-state index in [1.54, 1.807) is 12.1 Å². The van der Waals surface area contributed by atoms with Gasteiger partial charge in [-0.05, 0) is 43.3 Å². The summed E-state index contributed by atoms with van der Waals surface area (Å²) in [5.41, 5.74) is -0.637. The van der Waals surface area contributed by atoms with Gasteiger partial charge in [0.25, 0.3) is 0 Å². The summed E-state index contributed by atoms with van der Waals surface area (Å²) < 4.78 is 41.9. The van der Waals surface area contributed by atoms with E-state index >= 15 is 0 Å². The largest absolute Gasteiger partial charge is 0.416 e. The molecule has 0 saturated heterocycles. The Kier molecular flexibility index (Phi) is 7.18. The molecule has 1 aromatic carbocycles. The lowest BCUT2D eigenvalue weighted by molar-refractivity contribution is -0.207. The third-order valence-electron chi connectivity index (χ3n) is 5.04. The van der Waals surface area contributed by atoms with Gasteiger partial charge in [-0.2, -0.15) is 17.9 Å². The van der Waals surface area contributed by atoms with Gasteiger partial charge in [0.1, 0.15) is 12.6 Å². The number of hydrogen-bond donors (Lipinski definition) is 2. The summed E-state index contributed by atoms with van der Waals surface area (Å²) in [5.74, 6) is 0.145. The number of nitrogens with zero attached hydrogens (tertiary/aromatic N) is 7. The Morgan fingerprint density at radius 3 is 2.39 bits per heavy atom. The molecule has 10 nitrogen and oxygen atoms in total. The summed E-state index contributed by atoms with van der Waals surface area (Å²) in [7, 11) is 0. The molecule has 0 spiro atoms. The van der Waals surface area contributed by atoms with E-state index in [1.807, 2.05) is 0 Å². The molecule has 0 aliphatic heterocycles. The van der Waals surface area contributed by atoms with Crippen molar-refractivity contribution in [2.45, 2.75) is 38.4 Å². The van der Waals surface area contributed by atoms with Gasteiger partial charge < -0.3 is 10.2 Å². The molecule has 0 saturated carbocycles. The van der Waals surface area contributed by atoms with Gasteiger partial charge in [-0.15, -0.1) is 10.2 Å². The zero-order valence-electron chi connectivity index (χ0n) is 18.4. The van der Waals surface area contributed by atoms with Crippen molar-refractivity contribution in [3.8, 4) is 17.2 Å². The molecule has 0 fully saturated rings. The van der Waals surface area contributed by atoms with Crippen LogP contribution >= 0.6 is 23.2 Å². The highest BCUT2D eigenvalue weighted by Crippen LogP contribution is 2.25. The molecule has 0 aliphatic rings. The predicted molar refractivity (Wildman–Crippen MR) is 123 cm³/mol. The van der Waals surface area contributed by atoms with E-state index in [9.17, 15) is 28.2 Å². The molecule has 4 rings (SSSR count). The molecular weight excluding hydrogens is 526 g/mol. The SMILES string of the molecule is C[C@@H](O)c1nc(Cn2nc(-c3ccc(Cl)cc3)n(C[C@H](O)C(F)(F)F)c2=O)nn1-c1ncccc1Cl. The van der Waals surface area contributed by atoms with Crippen LogP contribution in [-0.2, 0) is 13.1 Å². The van der Waals surface area contributed by atoms with E-state index in [1.165, 1.54) is 42.1 Å². The number of aromatic nitrogens is 7. The van der Waals surface area contributed by atoms with Crippen LogP contribution in [0.15, 0.2) is 47.4 Å². The Morgan fingerprint density at radius 2 is 1.78 bits per heavy atom. The predicted octanol–water partition coefficient (Wildman–Crippen LogP) is 3.02. The van der Waals surface area contributed by atoms with Crippen LogP contribution in [0.5, 0.6) is 0 Å². The highest BCUT2D eigenvalue weighted by atomic mass is 35.5. The highest BCUT2D eigenvalue weighted by molar-refractivity contribution is 6.32. The molecule has 0 unspecified atom stereocenters. The maximum atomic E-state index is 13.1. The van der Waals surface area contributed by atoms with Crippen LogP contribution < -0.4 is 5.69 Å². The average molecular weight is 544 g/mol. The zero-order chi connectivity index (χ0) is 26.2.